The molecule has 0 bridgehead atoms. The zero-order valence-corrected chi connectivity index (χ0v) is 11.8. The quantitative estimate of drug-likeness (QED) is 0.819. The second-order valence-electron chi connectivity index (χ2n) is 5.92. The summed E-state index contributed by atoms with van der Waals surface area (Å²) >= 11 is 0. The van der Waals surface area contributed by atoms with Gasteiger partial charge in [-0.1, -0.05) is 5.92 Å². The summed E-state index contributed by atoms with van der Waals surface area (Å²) in [6.07, 6.45) is -0.850. The number of H-pyrrole nitrogens is 1. The number of anilines is 1. The van der Waals surface area contributed by atoms with Gasteiger partial charge in [-0.25, -0.2) is 9.97 Å². The molecule has 1 N–H and O–H groups in total. The molecule has 23 heavy (non-hydrogen) atoms. The lowest BCUT2D eigenvalue weighted by Crippen LogP contribution is -2.25. The molecule has 3 heterocycles. The lowest BCUT2D eigenvalue weighted by molar-refractivity contribution is -0.0698. The molecule has 0 aromatic carbocycles. The monoisotopic (exact) mass is 317 g/mol. The number of fused-ring (bicyclic) bond motifs is 2. The molecule has 0 radical (unpaired) electrons. The molecule has 8 heteroatoms. The Balaban J connectivity index is 1.68. The van der Waals surface area contributed by atoms with Gasteiger partial charge in [0.2, 0.25) is 0 Å². The third-order valence-corrected chi connectivity index (χ3v) is 4.47. The van der Waals surface area contributed by atoms with E-state index in [9.17, 15) is 18.4 Å². The number of nitriles is 1. The first kappa shape index (κ1) is 13.9. The van der Waals surface area contributed by atoms with Gasteiger partial charge in [0, 0.05) is 25.2 Å². The van der Waals surface area contributed by atoms with Crippen LogP contribution in [0, 0.1) is 34.5 Å². The first-order valence-corrected chi connectivity index (χ1v) is 7.00. The third kappa shape index (κ3) is 2.18. The van der Waals surface area contributed by atoms with E-state index >= 15 is 0 Å². The van der Waals surface area contributed by atoms with Crippen LogP contribution in [-0.2, 0) is 0 Å². The largest absolute Gasteiger partial charge is 0.457 e. The van der Waals surface area contributed by atoms with E-state index < -0.39 is 11.6 Å². The Hall–Kier alpha value is -2.74. The van der Waals surface area contributed by atoms with Crippen molar-refractivity contribution in [2.45, 2.75) is 12.6 Å². The van der Waals surface area contributed by atoms with E-state index in [-0.39, 0.29) is 5.92 Å². The van der Waals surface area contributed by atoms with Crippen molar-refractivity contribution in [3.05, 3.63) is 18.1 Å². The van der Waals surface area contributed by atoms with Gasteiger partial charge in [-0.2, -0.15) is 18.4 Å². The molecule has 2 atom stereocenters. The van der Waals surface area contributed by atoms with Crippen LogP contribution in [0.2, 0.25) is 0 Å². The zero-order valence-electron chi connectivity index (χ0n) is 11.8. The molecule has 2 unspecified atom stereocenters. The summed E-state index contributed by atoms with van der Waals surface area (Å²) in [5, 5.41) is 9.79. The highest BCUT2D eigenvalue weighted by atomic mass is 19.4. The molecule has 1 saturated heterocycles. The number of rotatable bonds is 1. The Bertz CT molecular complexity index is 898. The van der Waals surface area contributed by atoms with E-state index in [0.29, 0.717) is 41.9 Å². The number of hydrogen-bond donors (Lipinski definition) is 1. The molecule has 0 spiro atoms. The molecule has 4 rings (SSSR count). The summed E-state index contributed by atoms with van der Waals surface area (Å²) in [5.74, 6) is 4.51. The Labute approximate surface area is 129 Å². The van der Waals surface area contributed by atoms with Gasteiger partial charge in [0.05, 0.1) is 16.4 Å². The van der Waals surface area contributed by atoms with Gasteiger partial charge in [0.15, 0.2) is 0 Å². The highest BCUT2D eigenvalue weighted by Crippen LogP contribution is 2.58. The summed E-state index contributed by atoms with van der Waals surface area (Å²) in [6.45, 7) is 0.984. The normalized spacial score (nSPS) is 25.7. The van der Waals surface area contributed by atoms with E-state index in [1.54, 1.807) is 6.20 Å². The average Bonchev–Trinajstić information content (AvgIpc) is 2.88. The number of nitrogens with zero attached hydrogens (tertiary/aromatic N) is 4. The highest BCUT2D eigenvalue weighted by molar-refractivity contribution is 5.93. The lowest BCUT2D eigenvalue weighted by atomic mass is 10.1. The maximum Gasteiger partial charge on any atom is 0.457 e. The first-order chi connectivity index (χ1) is 10.9. The Morgan fingerprint density at radius 2 is 2.22 bits per heavy atom. The summed E-state index contributed by atoms with van der Waals surface area (Å²) in [5.41, 5.74) is 0.366. The summed E-state index contributed by atoms with van der Waals surface area (Å²) in [7, 11) is 0. The number of nitrogens with one attached hydrogen (secondary N) is 1. The fourth-order valence-corrected chi connectivity index (χ4v) is 3.31. The second-order valence-corrected chi connectivity index (χ2v) is 5.92. The van der Waals surface area contributed by atoms with Crippen molar-refractivity contribution >= 4 is 16.9 Å². The van der Waals surface area contributed by atoms with Crippen LogP contribution in [0.5, 0.6) is 0 Å². The number of aromatic nitrogens is 3. The fraction of sp³-hybridized carbons (Fsp3) is 0.400. The van der Waals surface area contributed by atoms with Crippen LogP contribution in [0.15, 0.2) is 12.5 Å². The van der Waals surface area contributed by atoms with Crippen molar-refractivity contribution in [1.29, 1.82) is 5.26 Å². The van der Waals surface area contributed by atoms with Gasteiger partial charge in [0.1, 0.15) is 23.9 Å². The van der Waals surface area contributed by atoms with Crippen LogP contribution in [0.3, 0.4) is 0 Å². The number of piperidine rings is 1. The van der Waals surface area contributed by atoms with E-state index in [2.05, 4.69) is 26.9 Å². The summed E-state index contributed by atoms with van der Waals surface area (Å²) in [4.78, 5) is 13.1. The molecular formula is C15H10F3N5. The zero-order chi connectivity index (χ0) is 16.2. The molecule has 2 aromatic rings. The number of aromatic amines is 1. The molecule has 1 aliphatic carbocycles. The maximum absolute atomic E-state index is 12.3. The first-order valence-electron chi connectivity index (χ1n) is 7.00. The molecule has 0 amide bonds. The number of halogens is 3. The van der Waals surface area contributed by atoms with E-state index in [1.165, 1.54) is 12.2 Å². The standard InChI is InChI=1S/C15H10F3N5/c16-15(17,18)2-1-14-3-10(14)6-23(7-14)13-11-9(4-19)5-20-12(11)21-8-22-13/h5,8,10H,3,6-7H2,(H,20,21,22). The van der Waals surface area contributed by atoms with Gasteiger partial charge >= 0.3 is 6.18 Å². The molecule has 1 saturated carbocycles. The van der Waals surface area contributed by atoms with Crippen LogP contribution in [-0.4, -0.2) is 34.2 Å². The van der Waals surface area contributed by atoms with Crippen molar-refractivity contribution < 1.29 is 13.2 Å². The Morgan fingerprint density at radius 1 is 1.39 bits per heavy atom. The molecule has 2 aliphatic rings. The van der Waals surface area contributed by atoms with Crippen LogP contribution in [0.25, 0.3) is 11.0 Å². The van der Waals surface area contributed by atoms with Crippen molar-refractivity contribution in [1.82, 2.24) is 15.0 Å². The molecule has 1 aliphatic heterocycles. The van der Waals surface area contributed by atoms with Gasteiger partial charge in [0.25, 0.3) is 0 Å². The summed E-state index contributed by atoms with van der Waals surface area (Å²) < 4.78 is 37.0. The van der Waals surface area contributed by atoms with Crippen LogP contribution in [0.1, 0.15) is 12.0 Å². The van der Waals surface area contributed by atoms with Crippen molar-refractivity contribution in [2.75, 3.05) is 18.0 Å². The van der Waals surface area contributed by atoms with Crippen LogP contribution >= 0.6 is 0 Å². The third-order valence-electron chi connectivity index (χ3n) is 4.47. The molecular weight excluding hydrogens is 307 g/mol. The minimum absolute atomic E-state index is 0.117. The van der Waals surface area contributed by atoms with Gasteiger partial charge < -0.3 is 9.88 Å². The number of alkyl halides is 3. The molecule has 2 aromatic heterocycles. The SMILES string of the molecule is N#Cc1c[nH]c2ncnc(N3CC4CC4(C#CC(F)(F)F)C3)c12. The van der Waals surface area contributed by atoms with Crippen molar-refractivity contribution in [2.24, 2.45) is 11.3 Å². The predicted molar refractivity (Wildman–Crippen MR) is 75.2 cm³/mol. The topological polar surface area (TPSA) is 68.6 Å². The average molecular weight is 317 g/mol. The highest BCUT2D eigenvalue weighted by Gasteiger charge is 2.60. The molecule has 5 nitrogen and oxygen atoms in total. The fourth-order valence-electron chi connectivity index (χ4n) is 3.31. The van der Waals surface area contributed by atoms with Gasteiger partial charge in [-0.15, -0.1) is 0 Å². The van der Waals surface area contributed by atoms with E-state index in [4.69, 9.17) is 0 Å². The predicted octanol–water partition coefficient (Wildman–Crippen LogP) is 2.22. The molecule has 2 fully saturated rings. The van der Waals surface area contributed by atoms with Crippen LogP contribution in [0.4, 0.5) is 19.0 Å². The lowest BCUT2D eigenvalue weighted by Gasteiger charge is -2.20. The van der Waals surface area contributed by atoms with E-state index in [1.807, 2.05) is 4.90 Å². The number of hydrogen-bond acceptors (Lipinski definition) is 4. The van der Waals surface area contributed by atoms with Crippen molar-refractivity contribution in [3.63, 3.8) is 0 Å². The second kappa shape index (κ2) is 4.39. The van der Waals surface area contributed by atoms with Crippen LogP contribution < -0.4 is 4.90 Å². The smallest absolute Gasteiger partial charge is 0.354 e. The van der Waals surface area contributed by atoms with Gasteiger partial charge in [-0.3, -0.25) is 0 Å². The Kier molecular flexibility index (Phi) is 2.65. The van der Waals surface area contributed by atoms with E-state index in [0.717, 1.165) is 0 Å². The minimum Gasteiger partial charge on any atom is -0.354 e. The Morgan fingerprint density at radius 3 is 2.96 bits per heavy atom. The maximum atomic E-state index is 12.3. The minimum atomic E-state index is -4.47. The summed E-state index contributed by atoms with van der Waals surface area (Å²) in [6, 6.07) is 2.08. The molecule has 116 valence electrons. The van der Waals surface area contributed by atoms with Gasteiger partial charge in [-0.05, 0) is 12.3 Å². The van der Waals surface area contributed by atoms with Crippen molar-refractivity contribution in [3.8, 4) is 17.9 Å².